The molecule has 0 aromatic carbocycles. The number of Topliss-reactive ketones (excluding diaryl/α,β-unsaturated/α-hetero) is 1. The predicted octanol–water partition coefficient (Wildman–Crippen LogP) is 2.14. The Kier molecular flexibility index (Phi) is 5.96. The fraction of sp³-hybridized carbons (Fsp3) is 0.667. The summed E-state index contributed by atoms with van der Waals surface area (Å²) in [6, 6.07) is 0. The van der Waals surface area contributed by atoms with Crippen LogP contribution in [0.1, 0.15) is 26.7 Å². The molecule has 0 aliphatic rings. The molecule has 5 heteroatoms. The Morgan fingerprint density at radius 1 is 0.929 bits per heavy atom. The fourth-order valence-electron chi connectivity index (χ4n) is 1.17. The van der Waals surface area contributed by atoms with Gasteiger partial charge in [0.2, 0.25) is 10.5 Å². The van der Waals surface area contributed by atoms with Gasteiger partial charge in [0.15, 0.2) is 0 Å². The van der Waals surface area contributed by atoms with Crippen LogP contribution in [0.25, 0.3) is 0 Å². The number of ketones is 1. The molecule has 0 rings (SSSR count). The van der Waals surface area contributed by atoms with Gasteiger partial charge < -0.3 is 0 Å². The van der Waals surface area contributed by atoms with Crippen molar-refractivity contribution < 1.29 is 14.4 Å². The van der Waals surface area contributed by atoms with Crippen LogP contribution in [0.4, 0.5) is 0 Å². The molecule has 0 bridgehead atoms. The summed E-state index contributed by atoms with van der Waals surface area (Å²) in [5, 5.41) is -1.09. The van der Waals surface area contributed by atoms with Crippen molar-refractivity contribution in [2.24, 2.45) is 11.8 Å². The maximum Gasteiger partial charge on any atom is 0.222 e. The monoisotopic (exact) mass is 238 g/mol. The average molecular weight is 239 g/mol. The number of hydrogen-bond acceptors (Lipinski definition) is 3. The number of hydrogen-bond donors (Lipinski definition) is 0. The minimum Gasteiger partial charge on any atom is -0.299 e. The van der Waals surface area contributed by atoms with Crippen LogP contribution in [-0.4, -0.2) is 16.3 Å². The molecule has 0 aliphatic heterocycles. The molecule has 0 saturated heterocycles. The van der Waals surface area contributed by atoms with Crippen LogP contribution in [0.5, 0.6) is 0 Å². The van der Waals surface area contributed by atoms with E-state index in [9.17, 15) is 14.4 Å². The van der Waals surface area contributed by atoms with Crippen molar-refractivity contribution in [3.8, 4) is 0 Å². The smallest absolute Gasteiger partial charge is 0.222 e. The van der Waals surface area contributed by atoms with Crippen molar-refractivity contribution in [1.29, 1.82) is 0 Å². The second kappa shape index (κ2) is 6.14. The molecule has 80 valence electrons. The zero-order valence-corrected chi connectivity index (χ0v) is 9.56. The molecule has 0 aromatic heterocycles. The van der Waals surface area contributed by atoms with Crippen LogP contribution in [0.2, 0.25) is 0 Å². The average Bonchev–Trinajstić information content (AvgIpc) is 2.00. The van der Waals surface area contributed by atoms with E-state index in [0.29, 0.717) is 0 Å². The van der Waals surface area contributed by atoms with Crippen molar-refractivity contribution in [2.75, 3.05) is 0 Å². The summed E-state index contributed by atoms with van der Waals surface area (Å²) in [6.45, 7) is 3.22. The van der Waals surface area contributed by atoms with E-state index in [1.165, 1.54) is 0 Å². The first kappa shape index (κ1) is 13.6. The third kappa shape index (κ3) is 5.35. The summed E-state index contributed by atoms with van der Waals surface area (Å²) in [5.41, 5.74) is 0. The van der Waals surface area contributed by atoms with Gasteiger partial charge >= 0.3 is 0 Å². The Morgan fingerprint density at radius 3 is 1.43 bits per heavy atom. The number of carbonyl (C=O) groups excluding carboxylic acids is 3. The molecule has 0 saturated carbocycles. The van der Waals surface area contributed by atoms with Gasteiger partial charge in [-0.3, -0.25) is 14.4 Å². The molecule has 0 aliphatic carbocycles. The summed E-state index contributed by atoms with van der Waals surface area (Å²) in [4.78, 5) is 32.5. The van der Waals surface area contributed by atoms with E-state index in [-0.39, 0.29) is 18.6 Å². The van der Waals surface area contributed by atoms with E-state index >= 15 is 0 Å². The first-order valence-corrected chi connectivity index (χ1v) is 5.00. The fourth-order valence-corrected chi connectivity index (χ4v) is 1.63. The Labute approximate surface area is 92.7 Å². The van der Waals surface area contributed by atoms with Gasteiger partial charge in [-0.15, -0.1) is 0 Å². The molecule has 0 radical (unpaired) electrons. The first-order chi connectivity index (χ1) is 6.34. The normalized spacial score (nSPS) is 14.6. The molecular weight excluding hydrogens is 227 g/mol. The third-order valence-corrected chi connectivity index (χ3v) is 2.21. The molecule has 0 spiro atoms. The second-order valence-corrected chi connectivity index (χ2v) is 4.17. The van der Waals surface area contributed by atoms with Gasteiger partial charge in [0.25, 0.3) is 0 Å². The van der Waals surface area contributed by atoms with E-state index in [0.717, 1.165) is 0 Å². The van der Waals surface area contributed by atoms with E-state index < -0.39 is 22.3 Å². The SMILES string of the molecule is CC(CC(=O)Cl)C(=O)C(C)CC(=O)Cl. The molecule has 0 amide bonds. The van der Waals surface area contributed by atoms with E-state index in [4.69, 9.17) is 23.2 Å². The molecular formula is C9H12Cl2O3. The van der Waals surface area contributed by atoms with Crippen LogP contribution in [-0.2, 0) is 14.4 Å². The summed E-state index contributed by atoms with van der Waals surface area (Å²) in [7, 11) is 0. The van der Waals surface area contributed by atoms with Crippen LogP contribution in [0.3, 0.4) is 0 Å². The first-order valence-electron chi connectivity index (χ1n) is 4.25. The van der Waals surface area contributed by atoms with Crippen molar-refractivity contribution in [3.63, 3.8) is 0 Å². The lowest BCUT2D eigenvalue weighted by Crippen LogP contribution is -2.22. The predicted molar refractivity (Wildman–Crippen MR) is 54.3 cm³/mol. The van der Waals surface area contributed by atoms with E-state index in [1.807, 2.05) is 0 Å². The van der Waals surface area contributed by atoms with Crippen LogP contribution in [0, 0.1) is 11.8 Å². The Hall–Kier alpha value is -0.410. The number of halogens is 2. The molecule has 3 nitrogen and oxygen atoms in total. The topological polar surface area (TPSA) is 51.2 Å². The summed E-state index contributed by atoms with van der Waals surface area (Å²) >= 11 is 10.3. The number of rotatable bonds is 6. The maximum absolute atomic E-state index is 11.5. The van der Waals surface area contributed by atoms with Gasteiger partial charge in [0.1, 0.15) is 5.78 Å². The lowest BCUT2D eigenvalue weighted by Gasteiger charge is -2.12. The lowest BCUT2D eigenvalue weighted by atomic mass is 9.91. The minimum atomic E-state index is -0.546. The van der Waals surface area contributed by atoms with Gasteiger partial charge in [-0.05, 0) is 23.2 Å². The molecule has 2 atom stereocenters. The van der Waals surface area contributed by atoms with Gasteiger partial charge in [-0.25, -0.2) is 0 Å². The molecule has 0 aromatic rings. The molecule has 2 unspecified atom stereocenters. The van der Waals surface area contributed by atoms with Crippen molar-refractivity contribution in [3.05, 3.63) is 0 Å². The maximum atomic E-state index is 11.5. The highest BCUT2D eigenvalue weighted by atomic mass is 35.5. The zero-order valence-electron chi connectivity index (χ0n) is 8.05. The van der Waals surface area contributed by atoms with Crippen molar-refractivity contribution in [1.82, 2.24) is 0 Å². The van der Waals surface area contributed by atoms with Crippen LogP contribution >= 0.6 is 23.2 Å². The zero-order chi connectivity index (χ0) is 11.3. The highest BCUT2D eigenvalue weighted by Gasteiger charge is 2.22. The van der Waals surface area contributed by atoms with Gasteiger partial charge in [-0.2, -0.15) is 0 Å². The van der Waals surface area contributed by atoms with Gasteiger partial charge in [-0.1, -0.05) is 13.8 Å². The standard InChI is InChI=1S/C9H12Cl2O3/c1-5(3-7(10)12)9(14)6(2)4-8(11)13/h5-6H,3-4H2,1-2H3. The summed E-state index contributed by atoms with van der Waals surface area (Å²) in [5.74, 6) is -1.06. The van der Waals surface area contributed by atoms with Gasteiger partial charge in [0.05, 0.1) is 0 Å². The highest BCUT2D eigenvalue weighted by molar-refractivity contribution is 6.64. The summed E-state index contributed by atoms with van der Waals surface area (Å²) < 4.78 is 0. The van der Waals surface area contributed by atoms with E-state index in [2.05, 4.69) is 0 Å². The second-order valence-electron chi connectivity index (χ2n) is 3.32. The summed E-state index contributed by atoms with van der Waals surface area (Å²) in [6.07, 6.45) is 0.00239. The Balaban J connectivity index is 4.16. The van der Waals surface area contributed by atoms with Gasteiger partial charge in [0, 0.05) is 24.7 Å². The Bertz CT molecular complexity index is 226. The van der Waals surface area contributed by atoms with Crippen LogP contribution in [0.15, 0.2) is 0 Å². The van der Waals surface area contributed by atoms with E-state index in [1.54, 1.807) is 13.8 Å². The highest BCUT2D eigenvalue weighted by Crippen LogP contribution is 2.16. The minimum absolute atomic E-state index is 0.00120. The molecule has 0 fully saturated rings. The molecule has 0 heterocycles. The molecule has 14 heavy (non-hydrogen) atoms. The largest absolute Gasteiger partial charge is 0.299 e. The number of carbonyl (C=O) groups is 3. The third-order valence-electron chi connectivity index (χ3n) is 1.90. The van der Waals surface area contributed by atoms with Crippen molar-refractivity contribution in [2.45, 2.75) is 26.7 Å². The lowest BCUT2D eigenvalue weighted by molar-refractivity contribution is -0.129. The Morgan fingerprint density at radius 2 is 1.21 bits per heavy atom. The molecule has 0 N–H and O–H groups in total. The van der Waals surface area contributed by atoms with Crippen LogP contribution < -0.4 is 0 Å². The van der Waals surface area contributed by atoms with Crippen molar-refractivity contribution >= 4 is 39.5 Å². The quantitative estimate of drug-likeness (QED) is 0.667.